The van der Waals surface area contributed by atoms with Gasteiger partial charge in [-0.2, -0.15) is 0 Å². The molecule has 0 saturated heterocycles. The zero-order valence-corrected chi connectivity index (χ0v) is 16.3. The van der Waals surface area contributed by atoms with Crippen molar-refractivity contribution in [2.24, 2.45) is 0 Å². The minimum Gasteiger partial charge on any atom is -0.423 e. The number of nitrogens with one attached hydrogen (secondary N) is 2. The molecule has 0 atom stereocenters. The van der Waals surface area contributed by atoms with Crippen LogP contribution in [0.1, 0.15) is 0 Å². The quantitative estimate of drug-likeness (QED) is 0.489. The number of nitrogens with zero attached hydrogens (tertiary/aromatic N) is 2. The van der Waals surface area contributed by atoms with Crippen molar-refractivity contribution < 1.29 is 12.8 Å². The van der Waals surface area contributed by atoms with Crippen LogP contribution in [0.25, 0.3) is 22.5 Å². The fraction of sp³-hybridized carbons (Fsp3) is 0.0476. The second-order valence-corrected chi connectivity index (χ2v) is 8.17. The Balaban J connectivity index is 1.50. The van der Waals surface area contributed by atoms with Gasteiger partial charge in [-0.05, 0) is 41.5 Å². The number of aromatic nitrogens is 2. The number of sulfonamides is 1. The van der Waals surface area contributed by atoms with E-state index in [-0.39, 0.29) is 0 Å². The Morgan fingerprint density at radius 1 is 0.862 bits per heavy atom. The first-order valence-corrected chi connectivity index (χ1v) is 10.7. The Morgan fingerprint density at radius 3 is 2.24 bits per heavy atom. The molecule has 0 aliphatic carbocycles. The van der Waals surface area contributed by atoms with Gasteiger partial charge in [-0.15, -0.1) is 0 Å². The second kappa shape index (κ2) is 7.76. The van der Waals surface area contributed by atoms with Crippen molar-refractivity contribution >= 4 is 27.4 Å². The van der Waals surface area contributed by atoms with Gasteiger partial charge in [0.25, 0.3) is 6.01 Å². The van der Waals surface area contributed by atoms with E-state index in [1.165, 1.54) is 0 Å². The average Bonchev–Trinajstić information content (AvgIpc) is 3.16. The van der Waals surface area contributed by atoms with Crippen molar-refractivity contribution in [1.29, 1.82) is 0 Å². The average molecular weight is 406 g/mol. The van der Waals surface area contributed by atoms with E-state index in [4.69, 9.17) is 4.42 Å². The van der Waals surface area contributed by atoms with Gasteiger partial charge in [0.1, 0.15) is 0 Å². The van der Waals surface area contributed by atoms with E-state index in [2.05, 4.69) is 20.0 Å². The number of oxazole rings is 1. The maximum Gasteiger partial charge on any atom is 0.299 e. The molecule has 0 saturated carbocycles. The maximum atomic E-state index is 11.4. The molecule has 4 aromatic rings. The van der Waals surface area contributed by atoms with Crippen LogP contribution in [0.2, 0.25) is 0 Å². The summed E-state index contributed by atoms with van der Waals surface area (Å²) in [6.45, 7) is 0. The lowest BCUT2D eigenvalue weighted by molar-refractivity contribution is 0.592. The van der Waals surface area contributed by atoms with Crippen LogP contribution in [-0.2, 0) is 10.0 Å². The van der Waals surface area contributed by atoms with Crippen LogP contribution >= 0.6 is 0 Å². The van der Waals surface area contributed by atoms with Crippen LogP contribution < -0.4 is 10.0 Å². The van der Waals surface area contributed by atoms with Crippen molar-refractivity contribution in [1.82, 2.24) is 9.97 Å². The molecule has 4 rings (SSSR count). The Labute approximate surface area is 168 Å². The lowest BCUT2D eigenvalue weighted by Gasteiger charge is -2.06. The van der Waals surface area contributed by atoms with Gasteiger partial charge in [-0.25, -0.2) is 13.4 Å². The largest absolute Gasteiger partial charge is 0.423 e. The molecule has 0 bridgehead atoms. The minimum absolute atomic E-state index is 0.315. The number of hydrogen-bond donors (Lipinski definition) is 2. The Bertz CT molecular complexity index is 1220. The molecule has 8 heteroatoms. The first-order chi connectivity index (χ1) is 14.0. The highest BCUT2D eigenvalue weighted by molar-refractivity contribution is 7.92. The summed E-state index contributed by atoms with van der Waals surface area (Å²) in [5, 5.41) is 3.04. The SMILES string of the molecule is CS(=O)(=O)Nc1cccc(Nc2ncc(-c3ccc(-c4ccncc4)cc3)o2)c1. The van der Waals surface area contributed by atoms with Crippen molar-refractivity contribution in [3.05, 3.63) is 79.3 Å². The molecule has 0 aliphatic heterocycles. The Kier molecular flexibility index (Phi) is 5.01. The minimum atomic E-state index is -3.34. The van der Waals surface area contributed by atoms with Crippen LogP contribution in [0.5, 0.6) is 0 Å². The van der Waals surface area contributed by atoms with E-state index >= 15 is 0 Å². The molecule has 0 radical (unpaired) electrons. The van der Waals surface area contributed by atoms with E-state index < -0.39 is 10.0 Å². The van der Waals surface area contributed by atoms with Gasteiger partial charge < -0.3 is 9.73 Å². The molecule has 7 nitrogen and oxygen atoms in total. The van der Waals surface area contributed by atoms with Crippen molar-refractivity contribution in [3.8, 4) is 22.5 Å². The third-order valence-corrected chi connectivity index (χ3v) is 4.71. The molecule has 146 valence electrons. The predicted octanol–water partition coefficient (Wildman–Crippen LogP) is 4.52. The predicted molar refractivity (Wildman–Crippen MR) is 113 cm³/mol. The molecule has 0 amide bonds. The highest BCUT2D eigenvalue weighted by atomic mass is 32.2. The van der Waals surface area contributed by atoms with Crippen molar-refractivity contribution in [2.75, 3.05) is 16.3 Å². The molecule has 0 spiro atoms. The summed E-state index contributed by atoms with van der Waals surface area (Å²) < 4.78 is 31.0. The van der Waals surface area contributed by atoms with Crippen molar-refractivity contribution in [3.63, 3.8) is 0 Å². The molecule has 2 heterocycles. The summed E-state index contributed by atoms with van der Waals surface area (Å²) in [4.78, 5) is 8.28. The Hall–Kier alpha value is -3.65. The third kappa shape index (κ3) is 4.80. The summed E-state index contributed by atoms with van der Waals surface area (Å²) in [6, 6.07) is 19.0. The van der Waals surface area contributed by atoms with E-state index in [9.17, 15) is 8.42 Å². The van der Waals surface area contributed by atoms with Gasteiger partial charge in [-0.1, -0.05) is 30.3 Å². The summed E-state index contributed by atoms with van der Waals surface area (Å²) in [5.74, 6) is 0.624. The number of anilines is 3. The first kappa shape index (κ1) is 18.7. The van der Waals surface area contributed by atoms with Gasteiger partial charge >= 0.3 is 0 Å². The molecular weight excluding hydrogens is 388 g/mol. The summed E-state index contributed by atoms with van der Waals surface area (Å²) in [7, 11) is -3.34. The standard InChI is InChI=1S/C21H18N4O3S/c1-29(26,27)25-19-4-2-3-18(13-19)24-21-23-14-20(28-21)17-7-5-15(6-8-17)16-9-11-22-12-10-16/h2-14,25H,1H3,(H,23,24). The van der Waals surface area contributed by atoms with E-state index in [1.807, 2.05) is 36.4 Å². The molecule has 0 fully saturated rings. The van der Waals surface area contributed by atoms with E-state index in [1.54, 1.807) is 42.9 Å². The molecule has 2 aromatic carbocycles. The monoisotopic (exact) mass is 406 g/mol. The molecular formula is C21H18N4O3S. The van der Waals surface area contributed by atoms with E-state index in [0.29, 0.717) is 23.1 Å². The topological polar surface area (TPSA) is 97.1 Å². The summed E-state index contributed by atoms with van der Waals surface area (Å²) >= 11 is 0. The van der Waals surface area contributed by atoms with Gasteiger partial charge in [0, 0.05) is 23.6 Å². The lowest BCUT2D eigenvalue weighted by Crippen LogP contribution is -2.09. The number of hydrogen-bond acceptors (Lipinski definition) is 6. The second-order valence-electron chi connectivity index (χ2n) is 6.42. The lowest BCUT2D eigenvalue weighted by atomic mass is 10.0. The molecule has 29 heavy (non-hydrogen) atoms. The van der Waals surface area contributed by atoms with Crippen LogP contribution in [0.4, 0.5) is 17.4 Å². The molecule has 2 aromatic heterocycles. The summed E-state index contributed by atoms with van der Waals surface area (Å²) in [5.41, 5.74) is 4.19. The molecule has 2 N–H and O–H groups in total. The van der Waals surface area contributed by atoms with Gasteiger partial charge in [0.2, 0.25) is 10.0 Å². The highest BCUT2D eigenvalue weighted by Gasteiger charge is 2.08. The van der Waals surface area contributed by atoms with Gasteiger partial charge in [0.15, 0.2) is 5.76 Å². The molecule has 0 unspecified atom stereocenters. The maximum absolute atomic E-state index is 11.4. The van der Waals surface area contributed by atoms with Gasteiger partial charge in [-0.3, -0.25) is 9.71 Å². The van der Waals surface area contributed by atoms with Crippen LogP contribution in [0.3, 0.4) is 0 Å². The summed E-state index contributed by atoms with van der Waals surface area (Å²) in [6.07, 6.45) is 6.27. The smallest absolute Gasteiger partial charge is 0.299 e. The van der Waals surface area contributed by atoms with E-state index in [0.717, 1.165) is 22.9 Å². The van der Waals surface area contributed by atoms with Crippen LogP contribution in [-0.4, -0.2) is 24.6 Å². The third-order valence-electron chi connectivity index (χ3n) is 4.11. The number of rotatable bonds is 6. The van der Waals surface area contributed by atoms with Gasteiger partial charge in [0.05, 0.1) is 18.1 Å². The normalized spacial score (nSPS) is 11.2. The fourth-order valence-corrected chi connectivity index (χ4v) is 3.39. The van der Waals surface area contributed by atoms with Crippen molar-refractivity contribution in [2.45, 2.75) is 0 Å². The molecule has 0 aliphatic rings. The zero-order chi connectivity index (χ0) is 20.3. The van der Waals surface area contributed by atoms with Crippen LogP contribution in [0.15, 0.2) is 83.7 Å². The fourth-order valence-electron chi connectivity index (χ4n) is 2.83. The number of pyridine rings is 1. The number of benzene rings is 2. The highest BCUT2D eigenvalue weighted by Crippen LogP contribution is 2.28. The first-order valence-electron chi connectivity index (χ1n) is 8.78. The van der Waals surface area contributed by atoms with Crippen LogP contribution in [0, 0.1) is 0 Å². The zero-order valence-electron chi connectivity index (χ0n) is 15.5. The Morgan fingerprint density at radius 2 is 1.52 bits per heavy atom.